The van der Waals surface area contributed by atoms with Crippen LogP contribution in [0.5, 0.6) is 0 Å². The summed E-state index contributed by atoms with van der Waals surface area (Å²) < 4.78 is 0. The molecular weight excluding hydrogens is 234 g/mol. The predicted octanol–water partition coefficient (Wildman–Crippen LogP) is 3.98. The molecule has 0 aliphatic carbocycles. The molecule has 0 aliphatic rings. The summed E-state index contributed by atoms with van der Waals surface area (Å²) in [5.41, 5.74) is 7.59. The van der Waals surface area contributed by atoms with Crippen LogP contribution in [0, 0.1) is 5.92 Å². The van der Waals surface area contributed by atoms with Gasteiger partial charge in [-0.2, -0.15) is 0 Å². The van der Waals surface area contributed by atoms with Gasteiger partial charge >= 0.3 is 0 Å². The topological polar surface area (TPSA) is 43.1 Å². The normalized spacial score (nSPS) is 10.9. The average molecular weight is 261 g/mol. The summed E-state index contributed by atoms with van der Waals surface area (Å²) in [6.07, 6.45) is 5.99. The van der Waals surface area contributed by atoms with E-state index in [-0.39, 0.29) is 5.78 Å². The molecule has 1 aromatic carbocycles. The molecule has 0 saturated carbocycles. The van der Waals surface area contributed by atoms with Crippen molar-refractivity contribution in [3.8, 4) is 0 Å². The van der Waals surface area contributed by atoms with Gasteiger partial charge in [-0.1, -0.05) is 44.9 Å². The molecule has 2 heteroatoms. The molecule has 1 aromatic rings. The molecule has 0 spiro atoms. The van der Waals surface area contributed by atoms with Crippen molar-refractivity contribution in [1.29, 1.82) is 0 Å². The second-order valence-corrected chi connectivity index (χ2v) is 5.67. The molecule has 0 amide bonds. The number of unbranched alkanes of at least 4 members (excludes halogenated alkanes) is 3. The van der Waals surface area contributed by atoms with Gasteiger partial charge in [0.05, 0.1) is 0 Å². The second-order valence-electron chi connectivity index (χ2n) is 5.67. The van der Waals surface area contributed by atoms with Gasteiger partial charge in [-0.25, -0.2) is 0 Å². The number of benzene rings is 1. The summed E-state index contributed by atoms with van der Waals surface area (Å²) in [4.78, 5) is 12.1. The first kappa shape index (κ1) is 15.9. The van der Waals surface area contributed by atoms with E-state index in [9.17, 15) is 4.79 Å². The lowest BCUT2D eigenvalue weighted by Gasteiger charge is -2.07. The third-order valence-electron chi connectivity index (χ3n) is 3.25. The van der Waals surface area contributed by atoms with Crippen molar-refractivity contribution in [3.63, 3.8) is 0 Å². The number of nitrogens with two attached hydrogens (primary N) is 1. The monoisotopic (exact) mass is 261 g/mol. The lowest BCUT2D eigenvalue weighted by Crippen LogP contribution is -2.02. The van der Waals surface area contributed by atoms with Gasteiger partial charge in [0.25, 0.3) is 0 Å². The molecule has 19 heavy (non-hydrogen) atoms. The number of ketones is 1. The van der Waals surface area contributed by atoms with Crippen LogP contribution in [0.15, 0.2) is 24.3 Å². The van der Waals surface area contributed by atoms with Gasteiger partial charge in [-0.05, 0) is 43.4 Å². The van der Waals surface area contributed by atoms with E-state index >= 15 is 0 Å². The Morgan fingerprint density at radius 2 is 1.89 bits per heavy atom. The van der Waals surface area contributed by atoms with Gasteiger partial charge < -0.3 is 5.73 Å². The lowest BCUT2D eigenvalue weighted by atomic mass is 9.98. The Bertz CT molecular complexity index is 385. The largest absolute Gasteiger partial charge is 0.330 e. The number of carbonyl (C=O) groups is 1. The maximum Gasteiger partial charge on any atom is 0.162 e. The summed E-state index contributed by atoms with van der Waals surface area (Å²) in [7, 11) is 0. The van der Waals surface area contributed by atoms with Gasteiger partial charge in [0, 0.05) is 12.0 Å². The molecular formula is C17H27NO. The van der Waals surface area contributed by atoms with E-state index in [1.807, 2.05) is 12.1 Å². The molecule has 0 aliphatic heterocycles. The van der Waals surface area contributed by atoms with E-state index in [0.29, 0.717) is 12.3 Å². The zero-order valence-corrected chi connectivity index (χ0v) is 12.3. The zero-order valence-electron chi connectivity index (χ0n) is 12.3. The number of Topliss-reactive ketones (excluding diaryl/α,β-unsaturated/α-hetero) is 1. The number of rotatable bonds is 9. The molecule has 106 valence electrons. The highest BCUT2D eigenvalue weighted by molar-refractivity contribution is 5.96. The predicted molar refractivity (Wildman–Crippen MR) is 81.5 cm³/mol. The van der Waals surface area contributed by atoms with E-state index < -0.39 is 0 Å². The Balaban J connectivity index is 2.43. The highest BCUT2D eigenvalue weighted by Crippen LogP contribution is 2.14. The van der Waals surface area contributed by atoms with Crippen LogP contribution < -0.4 is 5.73 Å². The van der Waals surface area contributed by atoms with Crippen molar-refractivity contribution in [3.05, 3.63) is 35.4 Å². The molecule has 0 saturated heterocycles. The maximum atomic E-state index is 12.1. The Morgan fingerprint density at radius 3 is 2.58 bits per heavy atom. The third kappa shape index (κ3) is 6.53. The van der Waals surface area contributed by atoms with Crippen molar-refractivity contribution in [2.75, 3.05) is 6.54 Å². The maximum absolute atomic E-state index is 12.1. The highest BCUT2D eigenvalue weighted by atomic mass is 16.1. The summed E-state index contributed by atoms with van der Waals surface area (Å²) >= 11 is 0. The van der Waals surface area contributed by atoms with E-state index in [1.165, 1.54) is 5.56 Å². The van der Waals surface area contributed by atoms with Crippen LogP contribution in [0.1, 0.15) is 61.9 Å². The molecule has 0 fully saturated rings. The standard InChI is InChI=1S/C17H27NO/c1-14(2)12-15-8-7-9-16(13-15)17(19)10-5-3-4-6-11-18/h7-9,13-14H,3-6,10-12,18H2,1-2H3. The lowest BCUT2D eigenvalue weighted by molar-refractivity contribution is 0.0979. The third-order valence-corrected chi connectivity index (χ3v) is 3.25. The number of hydrogen-bond acceptors (Lipinski definition) is 2. The first-order valence-corrected chi connectivity index (χ1v) is 7.45. The van der Waals surface area contributed by atoms with E-state index in [2.05, 4.69) is 26.0 Å². The molecule has 0 bridgehead atoms. The second kappa shape index (κ2) is 8.87. The summed E-state index contributed by atoms with van der Waals surface area (Å²) in [6.45, 7) is 5.16. The van der Waals surface area contributed by atoms with Crippen molar-refractivity contribution < 1.29 is 4.79 Å². The Labute approximate surface area is 117 Å². The average Bonchev–Trinajstić information content (AvgIpc) is 2.38. The van der Waals surface area contributed by atoms with Crippen LogP contribution in [0.25, 0.3) is 0 Å². The van der Waals surface area contributed by atoms with E-state index in [1.54, 1.807) is 0 Å². The van der Waals surface area contributed by atoms with Crippen LogP contribution in [-0.2, 0) is 6.42 Å². The van der Waals surface area contributed by atoms with Crippen molar-refractivity contribution in [2.45, 2.75) is 52.4 Å². The fourth-order valence-electron chi connectivity index (χ4n) is 2.27. The van der Waals surface area contributed by atoms with Crippen molar-refractivity contribution in [2.24, 2.45) is 11.7 Å². The molecule has 0 heterocycles. The quantitative estimate of drug-likeness (QED) is 0.540. The van der Waals surface area contributed by atoms with Crippen LogP contribution >= 0.6 is 0 Å². The molecule has 1 rings (SSSR count). The van der Waals surface area contributed by atoms with Gasteiger partial charge in [-0.15, -0.1) is 0 Å². The van der Waals surface area contributed by atoms with Gasteiger partial charge in [-0.3, -0.25) is 4.79 Å². The first-order chi connectivity index (χ1) is 9.13. The smallest absolute Gasteiger partial charge is 0.162 e. The molecule has 0 radical (unpaired) electrons. The number of carbonyl (C=O) groups excluding carboxylic acids is 1. The molecule has 0 atom stereocenters. The van der Waals surface area contributed by atoms with E-state index in [4.69, 9.17) is 5.73 Å². The fourth-order valence-corrected chi connectivity index (χ4v) is 2.27. The summed E-state index contributed by atoms with van der Waals surface area (Å²) in [5, 5.41) is 0. The minimum atomic E-state index is 0.276. The summed E-state index contributed by atoms with van der Waals surface area (Å²) in [5.74, 6) is 0.903. The molecule has 0 unspecified atom stereocenters. The molecule has 2 N–H and O–H groups in total. The molecule has 0 aromatic heterocycles. The van der Waals surface area contributed by atoms with Crippen LogP contribution in [-0.4, -0.2) is 12.3 Å². The minimum absolute atomic E-state index is 0.276. The van der Waals surface area contributed by atoms with Gasteiger partial charge in [0.1, 0.15) is 0 Å². The summed E-state index contributed by atoms with van der Waals surface area (Å²) in [6, 6.07) is 8.10. The van der Waals surface area contributed by atoms with Gasteiger partial charge in [0.15, 0.2) is 5.78 Å². The SMILES string of the molecule is CC(C)Cc1cccc(C(=O)CCCCCCN)c1. The van der Waals surface area contributed by atoms with Crippen molar-refractivity contribution >= 4 is 5.78 Å². The van der Waals surface area contributed by atoms with Crippen LogP contribution in [0.4, 0.5) is 0 Å². The molecule has 2 nitrogen and oxygen atoms in total. The zero-order chi connectivity index (χ0) is 14.1. The highest BCUT2D eigenvalue weighted by Gasteiger charge is 2.07. The van der Waals surface area contributed by atoms with Crippen molar-refractivity contribution in [1.82, 2.24) is 0 Å². The Morgan fingerprint density at radius 1 is 1.16 bits per heavy atom. The first-order valence-electron chi connectivity index (χ1n) is 7.45. The van der Waals surface area contributed by atoms with Crippen LogP contribution in [0.3, 0.4) is 0 Å². The Kier molecular flexibility index (Phi) is 7.42. The Hall–Kier alpha value is -1.15. The fraction of sp³-hybridized carbons (Fsp3) is 0.588. The van der Waals surface area contributed by atoms with Crippen LogP contribution in [0.2, 0.25) is 0 Å². The van der Waals surface area contributed by atoms with E-state index in [0.717, 1.165) is 44.2 Å². The minimum Gasteiger partial charge on any atom is -0.330 e. The van der Waals surface area contributed by atoms with Gasteiger partial charge in [0.2, 0.25) is 0 Å². The number of hydrogen-bond donors (Lipinski definition) is 1.